The normalized spacial score (nSPS) is 32.5. The Balaban J connectivity index is 0.00000280. The molecule has 0 amide bonds. The second kappa shape index (κ2) is 11.3. The SMILES string of the molecule is CN=C(NCC1(N(C)C)CCCC(C)C1)N1CCN(CC2CCOC2)CC1.I. The van der Waals surface area contributed by atoms with Crippen molar-refractivity contribution < 1.29 is 4.74 Å². The molecular formula is C21H42IN5O. The van der Waals surface area contributed by atoms with Crippen LogP contribution in [-0.2, 0) is 4.74 Å². The van der Waals surface area contributed by atoms with Gasteiger partial charge in [-0.25, -0.2) is 0 Å². The van der Waals surface area contributed by atoms with E-state index in [0.29, 0.717) is 0 Å². The molecule has 2 aliphatic heterocycles. The minimum Gasteiger partial charge on any atom is -0.381 e. The highest BCUT2D eigenvalue weighted by atomic mass is 127. The van der Waals surface area contributed by atoms with Crippen LogP contribution in [0.1, 0.15) is 39.0 Å². The summed E-state index contributed by atoms with van der Waals surface area (Å²) in [6.07, 6.45) is 6.50. The van der Waals surface area contributed by atoms with Crippen molar-refractivity contribution in [2.45, 2.75) is 44.6 Å². The molecule has 1 aliphatic carbocycles. The minimum absolute atomic E-state index is 0. The van der Waals surface area contributed by atoms with Gasteiger partial charge in [0.15, 0.2) is 5.96 Å². The van der Waals surface area contributed by atoms with Crippen molar-refractivity contribution in [3.63, 3.8) is 0 Å². The van der Waals surface area contributed by atoms with Gasteiger partial charge in [-0.2, -0.15) is 0 Å². The number of piperazine rings is 1. The number of aliphatic imine (C=N–C) groups is 1. The van der Waals surface area contributed by atoms with Crippen LogP contribution in [0.25, 0.3) is 0 Å². The van der Waals surface area contributed by atoms with E-state index in [4.69, 9.17) is 4.74 Å². The molecule has 0 radical (unpaired) electrons. The molecule has 3 atom stereocenters. The predicted molar refractivity (Wildman–Crippen MR) is 128 cm³/mol. The van der Waals surface area contributed by atoms with Gasteiger partial charge in [-0.1, -0.05) is 19.8 Å². The van der Waals surface area contributed by atoms with Crippen molar-refractivity contribution in [3.8, 4) is 0 Å². The topological polar surface area (TPSA) is 43.3 Å². The van der Waals surface area contributed by atoms with E-state index in [1.54, 1.807) is 0 Å². The summed E-state index contributed by atoms with van der Waals surface area (Å²) in [6.45, 7) is 10.9. The summed E-state index contributed by atoms with van der Waals surface area (Å²) >= 11 is 0. The number of ether oxygens (including phenoxy) is 1. The van der Waals surface area contributed by atoms with Gasteiger partial charge >= 0.3 is 0 Å². The van der Waals surface area contributed by atoms with Gasteiger partial charge in [0.2, 0.25) is 0 Å². The number of nitrogens with zero attached hydrogens (tertiary/aromatic N) is 4. The number of rotatable bonds is 5. The van der Waals surface area contributed by atoms with Crippen molar-refractivity contribution in [2.24, 2.45) is 16.8 Å². The van der Waals surface area contributed by atoms with Gasteiger partial charge < -0.3 is 19.9 Å². The van der Waals surface area contributed by atoms with Crippen LogP contribution in [0.15, 0.2) is 4.99 Å². The highest BCUT2D eigenvalue weighted by molar-refractivity contribution is 14.0. The lowest BCUT2D eigenvalue weighted by molar-refractivity contribution is 0.0781. The molecule has 28 heavy (non-hydrogen) atoms. The monoisotopic (exact) mass is 507 g/mol. The van der Waals surface area contributed by atoms with E-state index in [2.05, 4.69) is 46.0 Å². The molecule has 7 heteroatoms. The number of likely N-dealkylation sites (N-methyl/N-ethyl adjacent to an activating group) is 1. The van der Waals surface area contributed by atoms with E-state index < -0.39 is 0 Å². The van der Waals surface area contributed by atoms with Crippen molar-refractivity contribution in [2.75, 3.05) is 73.6 Å². The Hall–Kier alpha value is -0.120. The maximum absolute atomic E-state index is 5.53. The molecule has 0 spiro atoms. The fourth-order valence-electron chi connectivity index (χ4n) is 5.17. The third kappa shape index (κ3) is 6.19. The van der Waals surface area contributed by atoms with Crippen LogP contribution >= 0.6 is 24.0 Å². The van der Waals surface area contributed by atoms with Crippen LogP contribution in [0.4, 0.5) is 0 Å². The first-order valence-corrected chi connectivity index (χ1v) is 11.0. The maximum atomic E-state index is 5.53. The van der Waals surface area contributed by atoms with Crippen LogP contribution in [0.2, 0.25) is 0 Å². The molecule has 2 heterocycles. The fraction of sp³-hybridized carbons (Fsp3) is 0.952. The van der Waals surface area contributed by atoms with E-state index in [1.165, 1.54) is 38.6 Å². The standard InChI is InChI=1S/C21H41N5O.HI/c1-18-6-5-8-21(14-18,24(3)4)17-23-20(22-2)26-11-9-25(10-12-26)15-19-7-13-27-16-19;/h18-19H,5-17H2,1-4H3,(H,22,23);1H. The maximum Gasteiger partial charge on any atom is 0.193 e. The number of hydrogen-bond donors (Lipinski definition) is 1. The fourth-order valence-corrected chi connectivity index (χ4v) is 5.17. The van der Waals surface area contributed by atoms with Crippen molar-refractivity contribution in [1.29, 1.82) is 0 Å². The zero-order valence-electron chi connectivity index (χ0n) is 18.5. The van der Waals surface area contributed by atoms with Crippen LogP contribution in [0, 0.1) is 11.8 Å². The zero-order valence-corrected chi connectivity index (χ0v) is 20.8. The lowest BCUT2D eigenvalue weighted by atomic mass is 9.75. The van der Waals surface area contributed by atoms with Crippen molar-refractivity contribution in [3.05, 3.63) is 0 Å². The van der Waals surface area contributed by atoms with Crippen molar-refractivity contribution >= 4 is 29.9 Å². The van der Waals surface area contributed by atoms with E-state index in [-0.39, 0.29) is 29.5 Å². The Morgan fingerprint density at radius 3 is 2.54 bits per heavy atom. The number of halogens is 1. The van der Waals surface area contributed by atoms with Gasteiger partial charge in [-0.15, -0.1) is 24.0 Å². The van der Waals surface area contributed by atoms with Gasteiger partial charge in [-0.05, 0) is 45.2 Å². The Morgan fingerprint density at radius 2 is 1.96 bits per heavy atom. The lowest BCUT2D eigenvalue weighted by Gasteiger charge is -2.46. The number of nitrogens with one attached hydrogen (secondary N) is 1. The lowest BCUT2D eigenvalue weighted by Crippen LogP contribution is -2.59. The predicted octanol–water partition coefficient (Wildman–Crippen LogP) is 2.34. The Morgan fingerprint density at radius 1 is 1.21 bits per heavy atom. The van der Waals surface area contributed by atoms with Gasteiger partial charge in [-0.3, -0.25) is 9.89 Å². The molecule has 3 unspecified atom stereocenters. The Bertz CT molecular complexity index is 489. The summed E-state index contributed by atoms with van der Waals surface area (Å²) in [5.74, 6) is 2.63. The summed E-state index contributed by atoms with van der Waals surface area (Å²) in [5, 5.41) is 3.74. The summed E-state index contributed by atoms with van der Waals surface area (Å²) < 4.78 is 5.53. The Labute approximate surface area is 189 Å². The molecule has 1 saturated carbocycles. The molecular weight excluding hydrogens is 465 g/mol. The highest BCUT2D eigenvalue weighted by Crippen LogP contribution is 2.35. The van der Waals surface area contributed by atoms with Crippen LogP contribution in [-0.4, -0.2) is 99.8 Å². The second-order valence-electron chi connectivity index (χ2n) is 9.24. The summed E-state index contributed by atoms with van der Waals surface area (Å²) in [4.78, 5) is 12.1. The second-order valence-corrected chi connectivity index (χ2v) is 9.24. The quantitative estimate of drug-likeness (QED) is 0.352. The molecule has 0 aromatic carbocycles. The van der Waals surface area contributed by atoms with Gasteiger partial charge in [0.05, 0.1) is 6.61 Å². The average molecular weight is 508 g/mol. The number of guanidine groups is 1. The molecule has 1 N–H and O–H groups in total. The average Bonchev–Trinajstić information content (AvgIpc) is 3.16. The van der Waals surface area contributed by atoms with Crippen LogP contribution in [0.3, 0.4) is 0 Å². The molecule has 164 valence electrons. The zero-order chi connectivity index (χ0) is 19.3. The molecule has 3 aliphatic rings. The third-order valence-electron chi connectivity index (χ3n) is 7.02. The molecule has 3 fully saturated rings. The van der Waals surface area contributed by atoms with E-state index >= 15 is 0 Å². The Kier molecular flexibility index (Phi) is 9.76. The molecule has 6 nitrogen and oxygen atoms in total. The minimum atomic E-state index is 0. The summed E-state index contributed by atoms with van der Waals surface area (Å²) in [6, 6.07) is 0. The first-order valence-electron chi connectivity index (χ1n) is 11.0. The molecule has 0 bridgehead atoms. The van der Waals surface area contributed by atoms with E-state index in [0.717, 1.165) is 63.7 Å². The van der Waals surface area contributed by atoms with Crippen LogP contribution < -0.4 is 5.32 Å². The molecule has 3 rings (SSSR count). The summed E-state index contributed by atoms with van der Waals surface area (Å²) in [7, 11) is 6.42. The largest absolute Gasteiger partial charge is 0.381 e. The van der Waals surface area contributed by atoms with Gasteiger partial charge in [0.1, 0.15) is 0 Å². The number of hydrogen-bond acceptors (Lipinski definition) is 4. The van der Waals surface area contributed by atoms with Gasteiger partial charge in [0, 0.05) is 58.5 Å². The smallest absolute Gasteiger partial charge is 0.193 e. The van der Waals surface area contributed by atoms with E-state index in [9.17, 15) is 0 Å². The van der Waals surface area contributed by atoms with Crippen molar-refractivity contribution in [1.82, 2.24) is 20.0 Å². The van der Waals surface area contributed by atoms with E-state index in [1.807, 2.05) is 7.05 Å². The van der Waals surface area contributed by atoms with Gasteiger partial charge in [0.25, 0.3) is 0 Å². The molecule has 0 aromatic heterocycles. The summed E-state index contributed by atoms with van der Waals surface area (Å²) in [5.41, 5.74) is 0.262. The third-order valence-corrected chi connectivity index (χ3v) is 7.02. The first-order chi connectivity index (χ1) is 13.0. The highest BCUT2D eigenvalue weighted by Gasteiger charge is 2.37. The first kappa shape index (κ1) is 24.2. The molecule has 2 saturated heterocycles. The van der Waals surface area contributed by atoms with Crippen LogP contribution in [0.5, 0.6) is 0 Å². The molecule has 0 aromatic rings.